The summed E-state index contributed by atoms with van der Waals surface area (Å²) < 4.78 is 27.0. The van der Waals surface area contributed by atoms with Crippen molar-refractivity contribution in [3.8, 4) is 0 Å². The molecule has 0 N–H and O–H groups in total. The molecule has 1 aliphatic heterocycles. The van der Waals surface area contributed by atoms with Crippen molar-refractivity contribution in [3.63, 3.8) is 0 Å². The first-order chi connectivity index (χ1) is 8.75. The van der Waals surface area contributed by atoms with Gasteiger partial charge >= 0.3 is 0 Å². The molecule has 2 aromatic rings. The number of aryl methyl sites for hydroxylation is 2. The van der Waals surface area contributed by atoms with Gasteiger partial charge in [-0.15, -0.1) is 11.8 Å². The second-order valence-electron chi connectivity index (χ2n) is 4.40. The zero-order valence-electron chi connectivity index (χ0n) is 9.75. The van der Waals surface area contributed by atoms with E-state index in [4.69, 9.17) is 0 Å². The van der Waals surface area contributed by atoms with Crippen LogP contribution in [0.4, 0.5) is 8.78 Å². The predicted molar refractivity (Wildman–Crippen MR) is 69.8 cm³/mol. The molecule has 0 unspecified atom stereocenters. The van der Waals surface area contributed by atoms with E-state index >= 15 is 0 Å². The standard InChI is InChI=1S/C15H12F2S/c16-13-8-7-10-5-6-11-3-1-2-4-14(11)18-9-12(10)15(13)17/h1-4,7-8H,5-6,9H2. The normalized spacial score (nSPS) is 14.3. The van der Waals surface area contributed by atoms with Crippen molar-refractivity contribution in [2.45, 2.75) is 23.5 Å². The highest BCUT2D eigenvalue weighted by Crippen LogP contribution is 2.33. The van der Waals surface area contributed by atoms with E-state index in [0.717, 1.165) is 18.4 Å². The average Bonchev–Trinajstić information content (AvgIpc) is 2.37. The van der Waals surface area contributed by atoms with Crippen molar-refractivity contribution in [1.29, 1.82) is 0 Å². The lowest BCUT2D eigenvalue weighted by atomic mass is 9.99. The maximum absolute atomic E-state index is 13.8. The Morgan fingerprint density at radius 2 is 1.67 bits per heavy atom. The summed E-state index contributed by atoms with van der Waals surface area (Å²) in [6.07, 6.45) is 1.64. The molecule has 3 rings (SSSR count). The fraction of sp³-hybridized carbons (Fsp3) is 0.200. The first-order valence-corrected chi connectivity index (χ1v) is 6.91. The van der Waals surface area contributed by atoms with Crippen molar-refractivity contribution in [2.75, 3.05) is 0 Å². The third-order valence-electron chi connectivity index (χ3n) is 3.30. The lowest BCUT2D eigenvalue weighted by Crippen LogP contribution is -2.05. The van der Waals surface area contributed by atoms with E-state index < -0.39 is 11.6 Å². The van der Waals surface area contributed by atoms with Gasteiger partial charge in [0.15, 0.2) is 11.6 Å². The third-order valence-corrected chi connectivity index (χ3v) is 4.44. The minimum atomic E-state index is -0.747. The molecule has 0 radical (unpaired) electrons. The number of hydrogen-bond donors (Lipinski definition) is 0. The number of fused-ring (bicyclic) bond motifs is 2. The summed E-state index contributed by atoms with van der Waals surface area (Å²) in [7, 11) is 0. The Bertz CT molecular complexity index is 593. The van der Waals surface area contributed by atoms with E-state index in [1.165, 1.54) is 16.5 Å². The first-order valence-electron chi connectivity index (χ1n) is 5.92. The molecule has 0 fully saturated rings. The van der Waals surface area contributed by atoms with E-state index in [0.29, 0.717) is 11.3 Å². The highest BCUT2D eigenvalue weighted by molar-refractivity contribution is 7.98. The smallest absolute Gasteiger partial charge is 0.163 e. The second kappa shape index (κ2) is 4.73. The van der Waals surface area contributed by atoms with Gasteiger partial charge in [0.1, 0.15) is 0 Å². The topological polar surface area (TPSA) is 0 Å². The summed E-state index contributed by atoms with van der Waals surface area (Å²) in [5.74, 6) is -0.932. The van der Waals surface area contributed by atoms with Crippen molar-refractivity contribution >= 4 is 11.8 Å². The Labute approximate surface area is 109 Å². The molecule has 2 aromatic carbocycles. The van der Waals surface area contributed by atoms with Crippen molar-refractivity contribution in [2.24, 2.45) is 0 Å². The molecule has 0 spiro atoms. The average molecular weight is 262 g/mol. The SMILES string of the molecule is Fc1ccc2c(c1F)CSc1ccccc1CC2. The van der Waals surface area contributed by atoms with E-state index in [9.17, 15) is 8.78 Å². The van der Waals surface area contributed by atoms with Crippen LogP contribution in [0.3, 0.4) is 0 Å². The third kappa shape index (κ3) is 2.03. The molecule has 3 heteroatoms. The van der Waals surface area contributed by atoms with Crippen LogP contribution in [0.5, 0.6) is 0 Å². The van der Waals surface area contributed by atoms with Gasteiger partial charge in [-0.25, -0.2) is 8.78 Å². The van der Waals surface area contributed by atoms with Crippen LogP contribution in [0, 0.1) is 11.6 Å². The van der Waals surface area contributed by atoms with Crippen LogP contribution >= 0.6 is 11.8 Å². The molecule has 0 nitrogen and oxygen atoms in total. The fourth-order valence-corrected chi connectivity index (χ4v) is 3.44. The Balaban J connectivity index is 2.02. The monoisotopic (exact) mass is 262 g/mol. The molecule has 18 heavy (non-hydrogen) atoms. The molecule has 0 aliphatic carbocycles. The predicted octanol–water partition coefficient (Wildman–Crippen LogP) is 4.36. The Kier molecular flexibility index (Phi) is 3.08. The van der Waals surface area contributed by atoms with Crippen LogP contribution in [-0.2, 0) is 18.6 Å². The number of rotatable bonds is 0. The van der Waals surface area contributed by atoms with Gasteiger partial charge in [0, 0.05) is 16.2 Å². The van der Waals surface area contributed by atoms with Crippen molar-refractivity contribution in [1.82, 2.24) is 0 Å². The minimum Gasteiger partial charge on any atom is -0.204 e. The minimum absolute atomic E-state index is 0.496. The van der Waals surface area contributed by atoms with Gasteiger partial charge < -0.3 is 0 Å². The maximum Gasteiger partial charge on any atom is 0.163 e. The van der Waals surface area contributed by atoms with Crippen LogP contribution in [0.2, 0.25) is 0 Å². The maximum atomic E-state index is 13.8. The van der Waals surface area contributed by atoms with E-state index in [1.54, 1.807) is 17.8 Å². The van der Waals surface area contributed by atoms with Gasteiger partial charge in [0.2, 0.25) is 0 Å². The van der Waals surface area contributed by atoms with Gasteiger partial charge in [0.25, 0.3) is 0 Å². The molecule has 1 aliphatic rings. The number of thioether (sulfide) groups is 1. The van der Waals surface area contributed by atoms with Crippen molar-refractivity contribution in [3.05, 3.63) is 64.7 Å². The first kappa shape index (κ1) is 11.7. The molecule has 0 atom stereocenters. The number of benzene rings is 2. The summed E-state index contributed by atoms with van der Waals surface area (Å²) in [5, 5.41) is 0. The summed E-state index contributed by atoms with van der Waals surface area (Å²) in [6.45, 7) is 0. The number of hydrogen-bond acceptors (Lipinski definition) is 1. The molecule has 0 bridgehead atoms. The Hall–Kier alpha value is -1.35. The van der Waals surface area contributed by atoms with Gasteiger partial charge in [-0.2, -0.15) is 0 Å². The van der Waals surface area contributed by atoms with Gasteiger partial charge in [-0.3, -0.25) is 0 Å². The molecular formula is C15H12F2S. The molecule has 0 saturated heterocycles. The lowest BCUT2D eigenvalue weighted by molar-refractivity contribution is 0.500. The summed E-state index contributed by atoms with van der Waals surface area (Å²) in [6, 6.07) is 11.1. The molecule has 0 saturated carbocycles. The molecule has 0 aromatic heterocycles. The second-order valence-corrected chi connectivity index (χ2v) is 5.41. The van der Waals surface area contributed by atoms with Crippen LogP contribution < -0.4 is 0 Å². The van der Waals surface area contributed by atoms with Crippen LogP contribution in [0.1, 0.15) is 16.7 Å². The van der Waals surface area contributed by atoms with Gasteiger partial charge in [0.05, 0.1) is 0 Å². The fourth-order valence-electron chi connectivity index (χ4n) is 2.29. The largest absolute Gasteiger partial charge is 0.204 e. The molecule has 1 heterocycles. The number of halogens is 2. The highest BCUT2D eigenvalue weighted by atomic mass is 32.2. The highest BCUT2D eigenvalue weighted by Gasteiger charge is 2.17. The van der Waals surface area contributed by atoms with Gasteiger partial charge in [-0.1, -0.05) is 24.3 Å². The van der Waals surface area contributed by atoms with Crippen LogP contribution in [0.15, 0.2) is 41.3 Å². The van der Waals surface area contributed by atoms with Crippen molar-refractivity contribution < 1.29 is 8.78 Å². The lowest BCUT2D eigenvalue weighted by Gasteiger charge is -2.17. The van der Waals surface area contributed by atoms with Gasteiger partial charge in [-0.05, 0) is 36.1 Å². The zero-order valence-corrected chi connectivity index (χ0v) is 10.6. The van der Waals surface area contributed by atoms with E-state index in [-0.39, 0.29) is 0 Å². The zero-order chi connectivity index (χ0) is 12.5. The van der Waals surface area contributed by atoms with Crippen LogP contribution in [-0.4, -0.2) is 0 Å². The molecule has 0 amide bonds. The summed E-state index contributed by atoms with van der Waals surface area (Å²) >= 11 is 1.58. The molecule has 92 valence electrons. The molecular weight excluding hydrogens is 250 g/mol. The van der Waals surface area contributed by atoms with E-state index in [1.807, 2.05) is 18.2 Å². The quantitative estimate of drug-likeness (QED) is 0.680. The summed E-state index contributed by atoms with van der Waals surface area (Å²) in [4.78, 5) is 1.17. The summed E-state index contributed by atoms with van der Waals surface area (Å²) in [5.41, 5.74) is 2.74. The Morgan fingerprint density at radius 1 is 0.889 bits per heavy atom. The van der Waals surface area contributed by atoms with Crippen LogP contribution in [0.25, 0.3) is 0 Å². The van der Waals surface area contributed by atoms with E-state index in [2.05, 4.69) is 6.07 Å². The Morgan fingerprint density at radius 3 is 2.56 bits per heavy atom.